The smallest absolute Gasteiger partial charge is 0.159 e. The van der Waals surface area contributed by atoms with Gasteiger partial charge in [-0.05, 0) is 42.3 Å². The number of Topliss-reactive ketones (excluding diaryl/α,β-unsaturated/α-hetero) is 1. The van der Waals surface area contributed by atoms with Crippen molar-refractivity contribution in [3.05, 3.63) is 108 Å². The first kappa shape index (κ1) is 16.7. The molecule has 0 spiro atoms. The molecule has 0 aliphatic heterocycles. The Bertz CT molecular complexity index is 836. The van der Waals surface area contributed by atoms with Gasteiger partial charge in [0.25, 0.3) is 0 Å². The summed E-state index contributed by atoms with van der Waals surface area (Å²) in [5.41, 5.74) is 4.06. The van der Waals surface area contributed by atoms with Gasteiger partial charge in [-0.25, -0.2) is 0 Å². The van der Waals surface area contributed by atoms with E-state index in [1.165, 1.54) is 5.56 Å². The van der Waals surface area contributed by atoms with E-state index in [0.717, 1.165) is 16.8 Å². The van der Waals surface area contributed by atoms with Crippen LogP contribution in [0.2, 0.25) is 0 Å². The van der Waals surface area contributed by atoms with Crippen LogP contribution >= 0.6 is 0 Å². The van der Waals surface area contributed by atoms with Crippen LogP contribution in [0.3, 0.4) is 0 Å². The average Bonchev–Trinajstić information content (AvgIpc) is 2.67. The molecule has 0 amide bonds. The van der Waals surface area contributed by atoms with E-state index in [0.29, 0.717) is 0 Å². The van der Waals surface area contributed by atoms with Gasteiger partial charge in [0.05, 0.1) is 6.04 Å². The van der Waals surface area contributed by atoms with Crippen LogP contribution in [-0.2, 0) is 0 Å². The van der Waals surface area contributed by atoms with Gasteiger partial charge in [0.15, 0.2) is 5.78 Å². The lowest BCUT2D eigenvalue weighted by Crippen LogP contribution is -2.08. The Morgan fingerprint density at radius 3 is 2.04 bits per heavy atom. The number of anilines is 1. The largest absolute Gasteiger partial charge is 0.375 e. The van der Waals surface area contributed by atoms with Crippen molar-refractivity contribution in [2.45, 2.75) is 13.0 Å². The summed E-state index contributed by atoms with van der Waals surface area (Å²) >= 11 is 0. The van der Waals surface area contributed by atoms with Gasteiger partial charge in [-0.3, -0.25) is 4.79 Å². The molecule has 2 heteroatoms. The third-order valence-corrected chi connectivity index (χ3v) is 4.05. The van der Waals surface area contributed by atoms with Gasteiger partial charge in [0.2, 0.25) is 0 Å². The monoisotopic (exact) mass is 327 g/mol. The second-order valence-electron chi connectivity index (χ2n) is 5.94. The minimum atomic E-state index is 0.0459. The van der Waals surface area contributed by atoms with E-state index in [9.17, 15) is 4.79 Å². The molecule has 0 fully saturated rings. The average molecular weight is 327 g/mol. The predicted octanol–water partition coefficient (Wildman–Crippen LogP) is 5.76. The van der Waals surface area contributed by atoms with Crippen molar-refractivity contribution >= 4 is 17.5 Å². The second kappa shape index (κ2) is 8.11. The third kappa shape index (κ3) is 4.67. The Kier molecular flexibility index (Phi) is 5.43. The summed E-state index contributed by atoms with van der Waals surface area (Å²) in [6, 6.07) is 28.2. The molecule has 0 heterocycles. The molecule has 3 rings (SSSR count). The second-order valence-corrected chi connectivity index (χ2v) is 5.94. The molecule has 3 aromatic rings. The summed E-state index contributed by atoms with van der Waals surface area (Å²) in [5.74, 6) is 0.0788. The topological polar surface area (TPSA) is 29.1 Å². The molecule has 0 saturated carbocycles. The number of benzene rings is 3. The van der Waals surface area contributed by atoms with Crippen LogP contribution in [0.15, 0.2) is 91.0 Å². The number of ketones is 1. The van der Waals surface area contributed by atoms with Crippen molar-refractivity contribution < 1.29 is 4.79 Å². The Morgan fingerprint density at radius 2 is 1.44 bits per heavy atom. The van der Waals surface area contributed by atoms with E-state index in [1.807, 2.05) is 60.7 Å². The summed E-state index contributed by atoms with van der Waals surface area (Å²) in [4.78, 5) is 11.4. The van der Waals surface area contributed by atoms with Crippen molar-refractivity contribution in [3.63, 3.8) is 0 Å². The zero-order chi connectivity index (χ0) is 17.5. The predicted molar refractivity (Wildman–Crippen MR) is 105 cm³/mol. The van der Waals surface area contributed by atoms with Crippen LogP contribution in [0, 0.1) is 0 Å². The maximum Gasteiger partial charge on any atom is 0.159 e. The van der Waals surface area contributed by atoms with Crippen molar-refractivity contribution in [3.8, 4) is 0 Å². The van der Waals surface area contributed by atoms with Crippen molar-refractivity contribution in [2.24, 2.45) is 0 Å². The number of carbonyl (C=O) groups excluding carboxylic acids is 1. The molecule has 1 unspecified atom stereocenters. The molecular weight excluding hydrogens is 306 g/mol. The number of rotatable bonds is 6. The Hall–Kier alpha value is -3.13. The summed E-state index contributed by atoms with van der Waals surface area (Å²) in [5, 5.41) is 3.53. The van der Waals surface area contributed by atoms with Crippen molar-refractivity contribution in [1.82, 2.24) is 0 Å². The van der Waals surface area contributed by atoms with E-state index < -0.39 is 0 Å². The van der Waals surface area contributed by atoms with Crippen molar-refractivity contribution in [2.75, 3.05) is 5.32 Å². The van der Waals surface area contributed by atoms with Crippen LogP contribution in [0.25, 0.3) is 6.08 Å². The molecule has 1 N–H and O–H groups in total. The van der Waals surface area contributed by atoms with E-state index in [1.54, 1.807) is 6.92 Å². The fraction of sp³-hybridized carbons (Fsp3) is 0.0870. The van der Waals surface area contributed by atoms with Gasteiger partial charge >= 0.3 is 0 Å². The van der Waals surface area contributed by atoms with Crippen LogP contribution in [0.4, 0.5) is 5.69 Å². The highest BCUT2D eigenvalue weighted by Crippen LogP contribution is 2.22. The zero-order valence-electron chi connectivity index (χ0n) is 14.2. The number of nitrogens with one attached hydrogen (secondary N) is 1. The van der Waals surface area contributed by atoms with Crippen LogP contribution in [-0.4, -0.2) is 5.78 Å². The third-order valence-electron chi connectivity index (χ3n) is 4.05. The molecule has 0 aromatic heterocycles. The van der Waals surface area contributed by atoms with E-state index in [2.05, 4.69) is 41.7 Å². The molecule has 0 aliphatic carbocycles. The van der Waals surface area contributed by atoms with Gasteiger partial charge in [0, 0.05) is 11.3 Å². The van der Waals surface area contributed by atoms with E-state index >= 15 is 0 Å². The fourth-order valence-corrected chi connectivity index (χ4v) is 2.66. The molecule has 0 saturated heterocycles. The standard InChI is InChI=1S/C23H21NO/c1-18(25)20-13-15-22(16-14-20)24-23(21-10-6-3-7-11-21)17-12-19-8-4-2-5-9-19/h2-17,23-24H,1H3/b17-12+. The Labute approximate surface area is 148 Å². The molecule has 0 aliphatic rings. The lowest BCUT2D eigenvalue weighted by atomic mass is 10.0. The highest BCUT2D eigenvalue weighted by molar-refractivity contribution is 5.94. The quantitative estimate of drug-likeness (QED) is 0.584. The zero-order valence-corrected chi connectivity index (χ0v) is 14.2. The van der Waals surface area contributed by atoms with E-state index in [4.69, 9.17) is 0 Å². The van der Waals surface area contributed by atoms with Crippen molar-refractivity contribution in [1.29, 1.82) is 0 Å². The minimum absolute atomic E-state index is 0.0459. The molecule has 0 radical (unpaired) electrons. The normalized spacial score (nSPS) is 12.0. The van der Waals surface area contributed by atoms with Crippen LogP contribution < -0.4 is 5.32 Å². The van der Waals surface area contributed by atoms with Crippen LogP contribution in [0.1, 0.15) is 34.5 Å². The molecule has 124 valence electrons. The van der Waals surface area contributed by atoms with Crippen LogP contribution in [0.5, 0.6) is 0 Å². The van der Waals surface area contributed by atoms with Gasteiger partial charge in [-0.1, -0.05) is 72.8 Å². The number of carbonyl (C=O) groups is 1. The summed E-state index contributed by atoms with van der Waals surface area (Å²) in [6.45, 7) is 1.58. The first-order valence-corrected chi connectivity index (χ1v) is 8.38. The van der Waals surface area contributed by atoms with E-state index in [-0.39, 0.29) is 11.8 Å². The fourth-order valence-electron chi connectivity index (χ4n) is 2.66. The minimum Gasteiger partial charge on any atom is -0.375 e. The maximum absolute atomic E-state index is 11.4. The summed E-state index contributed by atoms with van der Waals surface area (Å²) in [7, 11) is 0. The number of hydrogen-bond donors (Lipinski definition) is 1. The summed E-state index contributed by atoms with van der Waals surface area (Å²) in [6.07, 6.45) is 4.28. The molecule has 3 aromatic carbocycles. The van der Waals surface area contributed by atoms with Gasteiger partial charge < -0.3 is 5.32 Å². The first-order chi connectivity index (χ1) is 12.2. The molecule has 1 atom stereocenters. The maximum atomic E-state index is 11.4. The lowest BCUT2D eigenvalue weighted by Gasteiger charge is -2.17. The van der Waals surface area contributed by atoms with Gasteiger partial charge in [0.1, 0.15) is 0 Å². The number of hydrogen-bond acceptors (Lipinski definition) is 2. The molecule has 0 bridgehead atoms. The highest BCUT2D eigenvalue weighted by Gasteiger charge is 2.08. The molecule has 25 heavy (non-hydrogen) atoms. The molecular formula is C23H21NO. The first-order valence-electron chi connectivity index (χ1n) is 8.38. The molecule has 2 nitrogen and oxygen atoms in total. The highest BCUT2D eigenvalue weighted by atomic mass is 16.1. The summed E-state index contributed by atoms with van der Waals surface area (Å²) < 4.78 is 0. The Balaban J connectivity index is 1.84. The lowest BCUT2D eigenvalue weighted by molar-refractivity contribution is 0.101. The van der Waals surface area contributed by atoms with Gasteiger partial charge in [-0.2, -0.15) is 0 Å². The SMILES string of the molecule is CC(=O)c1ccc(NC(/C=C/c2ccccc2)c2ccccc2)cc1. The Morgan fingerprint density at radius 1 is 0.840 bits per heavy atom. The van der Waals surface area contributed by atoms with Gasteiger partial charge in [-0.15, -0.1) is 0 Å².